The lowest BCUT2D eigenvalue weighted by Crippen LogP contribution is -2.48. The van der Waals surface area contributed by atoms with Crippen LogP contribution in [-0.4, -0.2) is 23.1 Å². The zero-order valence-electron chi connectivity index (χ0n) is 9.62. The highest BCUT2D eigenvalue weighted by Crippen LogP contribution is 2.43. The maximum absolute atomic E-state index is 12.1. The van der Waals surface area contributed by atoms with Crippen molar-refractivity contribution in [1.82, 2.24) is 0 Å². The van der Waals surface area contributed by atoms with E-state index in [0.717, 1.165) is 10.6 Å². The molecule has 0 bridgehead atoms. The number of rotatable bonds is 1. The van der Waals surface area contributed by atoms with Gasteiger partial charge in [-0.05, 0) is 12.1 Å². The number of alkyl halides is 1. The van der Waals surface area contributed by atoms with Crippen LogP contribution >= 0.6 is 23.4 Å². The van der Waals surface area contributed by atoms with E-state index in [-0.39, 0.29) is 23.1 Å². The third kappa shape index (κ3) is 1.88. The summed E-state index contributed by atoms with van der Waals surface area (Å²) >= 11 is 7.54. The molecule has 1 aliphatic heterocycles. The molecule has 1 heterocycles. The minimum absolute atomic E-state index is 0.0137. The van der Waals surface area contributed by atoms with Crippen molar-refractivity contribution in [2.75, 3.05) is 10.8 Å². The van der Waals surface area contributed by atoms with Gasteiger partial charge in [-0.25, -0.2) is 0 Å². The molecule has 0 saturated heterocycles. The Morgan fingerprint density at radius 3 is 2.89 bits per heavy atom. The molecule has 0 N–H and O–H groups in total. The highest BCUT2D eigenvalue weighted by molar-refractivity contribution is 8.00. The summed E-state index contributed by atoms with van der Waals surface area (Å²) in [5, 5.41) is 0.275. The van der Waals surface area contributed by atoms with Gasteiger partial charge in [-0.3, -0.25) is 4.79 Å². The number of para-hydroxylation sites is 1. The van der Waals surface area contributed by atoms with Crippen LogP contribution in [-0.2, 0) is 4.79 Å². The first-order valence-corrected chi connectivity index (χ1v) is 7.21. The number of thioether (sulfide) groups is 1. The number of fused-ring (bicyclic) bond motifs is 2. The molecule has 0 radical (unpaired) electrons. The minimum Gasteiger partial charge on any atom is -0.302 e. The topological polar surface area (TPSA) is 20.3 Å². The number of hydrogen-bond acceptors (Lipinski definition) is 2. The van der Waals surface area contributed by atoms with E-state index < -0.39 is 0 Å². The summed E-state index contributed by atoms with van der Waals surface area (Å²) in [7, 11) is 0. The van der Waals surface area contributed by atoms with E-state index in [2.05, 4.69) is 18.2 Å². The van der Waals surface area contributed by atoms with Crippen LogP contribution in [0.15, 0.2) is 53.5 Å². The van der Waals surface area contributed by atoms with Gasteiger partial charge in [0.15, 0.2) is 0 Å². The number of carbonyl (C=O) groups is 1. The van der Waals surface area contributed by atoms with Gasteiger partial charge in [-0.2, -0.15) is 0 Å². The summed E-state index contributed by atoms with van der Waals surface area (Å²) in [5.41, 5.74) is 0.967. The molecule has 2 nitrogen and oxygen atoms in total. The quantitative estimate of drug-likeness (QED) is 0.735. The lowest BCUT2D eigenvalue weighted by Gasteiger charge is -2.40. The summed E-state index contributed by atoms with van der Waals surface area (Å²) < 4.78 is 0. The zero-order valence-corrected chi connectivity index (χ0v) is 11.2. The molecule has 1 aromatic carbocycles. The molecule has 0 unspecified atom stereocenters. The predicted octanol–water partition coefficient (Wildman–Crippen LogP) is 3.23. The van der Waals surface area contributed by atoms with Crippen LogP contribution in [0, 0.1) is 0 Å². The van der Waals surface area contributed by atoms with Crippen molar-refractivity contribution in [2.45, 2.75) is 16.2 Å². The van der Waals surface area contributed by atoms with E-state index >= 15 is 0 Å². The Morgan fingerprint density at radius 2 is 2.06 bits per heavy atom. The third-order valence-corrected chi connectivity index (χ3v) is 4.66. The molecule has 4 heteroatoms. The monoisotopic (exact) mass is 277 g/mol. The summed E-state index contributed by atoms with van der Waals surface area (Å²) in [6.07, 6.45) is 8.23. The number of nitrogens with zero attached hydrogens (tertiary/aromatic N) is 1. The fourth-order valence-corrected chi connectivity index (χ4v) is 3.73. The largest absolute Gasteiger partial charge is 0.302 e. The second kappa shape index (κ2) is 4.82. The molecule has 2 atom stereocenters. The SMILES string of the molecule is O=C(CCl)N1c2ccccc2S[C@@H]2C=CC=C[C@H]21. The van der Waals surface area contributed by atoms with Gasteiger partial charge in [-0.1, -0.05) is 36.4 Å². The van der Waals surface area contributed by atoms with Crippen LogP contribution in [0.3, 0.4) is 0 Å². The Kier molecular flexibility index (Phi) is 3.18. The number of halogens is 1. The Hall–Kier alpha value is -1.19. The van der Waals surface area contributed by atoms with Gasteiger partial charge in [0.05, 0.1) is 17.0 Å². The molecule has 18 heavy (non-hydrogen) atoms. The van der Waals surface area contributed by atoms with E-state index in [1.165, 1.54) is 0 Å². The maximum Gasteiger partial charge on any atom is 0.242 e. The molecule has 92 valence electrons. The van der Waals surface area contributed by atoms with Crippen molar-refractivity contribution in [3.8, 4) is 0 Å². The van der Waals surface area contributed by atoms with E-state index in [9.17, 15) is 4.79 Å². The molecule has 0 spiro atoms. The molecule has 2 aliphatic rings. The van der Waals surface area contributed by atoms with Crippen LogP contribution < -0.4 is 4.90 Å². The Labute approximate surface area is 115 Å². The number of amides is 1. The second-order valence-corrected chi connectivity index (χ2v) is 5.70. The van der Waals surface area contributed by atoms with Crippen LogP contribution in [0.1, 0.15) is 0 Å². The lowest BCUT2D eigenvalue weighted by molar-refractivity contribution is -0.116. The predicted molar refractivity (Wildman–Crippen MR) is 76.4 cm³/mol. The van der Waals surface area contributed by atoms with E-state index in [1.807, 2.05) is 35.3 Å². The number of benzene rings is 1. The number of carbonyl (C=O) groups excluding carboxylic acids is 1. The Morgan fingerprint density at radius 1 is 1.28 bits per heavy atom. The smallest absolute Gasteiger partial charge is 0.242 e. The summed E-state index contributed by atoms with van der Waals surface area (Å²) in [4.78, 5) is 15.1. The summed E-state index contributed by atoms with van der Waals surface area (Å²) in [6, 6.07) is 8.06. The van der Waals surface area contributed by atoms with Crippen molar-refractivity contribution in [3.63, 3.8) is 0 Å². The first-order chi connectivity index (χ1) is 8.81. The molecule has 1 amide bonds. The summed E-state index contributed by atoms with van der Waals surface area (Å²) in [6.45, 7) is 0. The first kappa shape index (κ1) is 11.9. The van der Waals surface area contributed by atoms with E-state index in [0.29, 0.717) is 0 Å². The first-order valence-electron chi connectivity index (χ1n) is 5.80. The van der Waals surface area contributed by atoms with E-state index in [4.69, 9.17) is 11.6 Å². The number of hydrogen-bond donors (Lipinski definition) is 0. The third-order valence-electron chi connectivity index (χ3n) is 3.13. The maximum atomic E-state index is 12.1. The lowest BCUT2D eigenvalue weighted by atomic mass is 10.0. The normalized spacial score (nSPS) is 24.6. The molecular formula is C14H12ClNOS. The molecule has 0 fully saturated rings. The van der Waals surface area contributed by atoms with Gasteiger partial charge in [0.2, 0.25) is 5.91 Å². The average molecular weight is 278 g/mol. The van der Waals surface area contributed by atoms with Gasteiger partial charge in [0.25, 0.3) is 0 Å². The van der Waals surface area contributed by atoms with Crippen molar-refractivity contribution in [1.29, 1.82) is 0 Å². The second-order valence-electron chi connectivity index (χ2n) is 4.21. The fourth-order valence-electron chi connectivity index (χ4n) is 2.35. The fraction of sp³-hybridized carbons (Fsp3) is 0.214. The summed E-state index contributed by atoms with van der Waals surface area (Å²) in [5.74, 6) is -0.0286. The van der Waals surface area contributed by atoms with Crippen LogP contribution in [0.4, 0.5) is 5.69 Å². The van der Waals surface area contributed by atoms with Gasteiger partial charge in [0, 0.05) is 4.90 Å². The van der Waals surface area contributed by atoms with Gasteiger partial charge in [0.1, 0.15) is 5.88 Å². The van der Waals surface area contributed by atoms with Crippen molar-refractivity contribution < 1.29 is 4.79 Å². The minimum atomic E-state index is -0.0423. The van der Waals surface area contributed by atoms with Crippen LogP contribution in [0.2, 0.25) is 0 Å². The number of allylic oxidation sites excluding steroid dienone is 2. The van der Waals surface area contributed by atoms with Crippen molar-refractivity contribution in [3.05, 3.63) is 48.6 Å². The molecule has 0 saturated carbocycles. The highest BCUT2D eigenvalue weighted by Gasteiger charge is 2.35. The molecule has 3 rings (SSSR count). The van der Waals surface area contributed by atoms with Gasteiger partial charge < -0.3 is 4.90 Å². The highest BCUT2D eigenvalue weighted by atomic mass is 35.5. The molecule has 1 aromatic rings. The molecule has 0 aromatic heterocycles. The van der Waals surface area contributed by atoms with Crippen LogP contribution in [0.5, 0.6) is 0 Å². The van der Waals surface area contributed by atoms with Crippen LogP contribution in [0.25, 0.3) is 0 Å². The van der Waals surface area contributed by atoms with Crippen molar-refractivity contribution in [2.24, 2.45) is 0 Å². The van der Waals surface area contributed by atoms with Gasteiger partial charge >= 0.3 is 0 Å². The Balaban J connectivity index is 2.10. The van der Waals surface area contributed by atoms with E-state index in [1.54, 1.807) is 11.8 Å². The van der Waals surface area contributed by atoms with Gasteiger partial charge in [-0.15, -0.1) is 23.4 Å². The number of anilines is 1. The average Bonchev–Trinajstić information content (AvgIpc) is 2.44. The standard InChI is InChI=1S/C14H12ClNOS/c15-9-14(17)16-10-5-1-3-7-12(10)18-13-8-4-2-6-11(13)16/h1-8,10,12H,9H2/t10-,12-/m1/s1. The zero-order chi connectivity index (χ0) is 12.5. The Bertz CT molecular complexity index is 540. The van der Waals surface area contributed by atoms with Crippen molar-refractivity contribution >= 4 is 35.0 Å². The molecule has 1 aliphatic carbocycles. The molecular weight excluding hydrogens is 266 g/mol.